The second-order valence-electron chi connectivity index (χ2n) is 6.18. The van der Waals surface area contributed by atoms with Gasteiger partial charge in [0.15, 0.2) is 17.3 Å². The maximum atomic E-state index is 11.7. The van der Waals surface area contributed by atoms with Crippen molar-refractivity contribution >= 4 is 22.4 Å². The Labute approximate surface area is 163 Å². The van der Waals surface area contributed by atoms with Crippen molar-refractivity contribution in [3.63, 3.8) is 0 Å². The van der Waals surface area contributed by atoms with Gasteiger partial charge in [0.25, 0.3) is 0 Å². The van der Waals surface area contributed by atoms with Crippen LogP contribution >= 0.6 is 0 Å². The van der Waals surface area contributed by atoms with E-state index in [-0.39, 0.29) is 5.78 Å². The Morgan fingerprint density at radius 3 is 2.43 bits per heavy atom. The molecule has 1 aliphatic carbocycles. The van der Waals surface area contributed by atoms with E-state index in [1.165, 1.54) is 0 Å². The molecule has 0 bridgehead atoms. The fourth-order valence-corrected chi connectivity index (χ4v) is 2.79. The molecule has 0 saturated heterocycles. The summed E-state index contributed by atoms with van der Waals surface area (Å²) in [5.74, 6) is 1.27. The van der Waals surface area contributed by atoms with Crippen LogP contribution in [0.4, 0.5) is 5.69 Å². The summed E-state index contributed by atoms with van der Waals surface area (Å²) in [6.07, 6.45) is 7.28. The molecule has 0 fully saturated rings. The Morgan fingerprint density at radius 2 is 1.75 bits per heavy atom. The summed E-state index contributed by atoms with van der Waals surface area (Å²) in [5, 5.41) is 4.20. The molecule has 1 N–H and O–H groups in total. The van der Waals surface area contributed by atoms with E-state index in [2.05, 4.69) is 10.3 Å². The quantitative estimate of drug-likeness (QED) is 0.631. The molecule has 0 saturated carbocycles. The summed E-state index contributed by atoms with van der Waals surface area (Å²) in [6.45, 7) is 1.74. The van der Waals surface area contributed by atoms with E-state index in [4.69, 9.17) is 18.9 Å². The Morgan fingerprint density at radius 1 is 1.04 bits per heavy atom. The molecular formula is C21H24N2O5. The molecule has 3 rings (SSSR count). The fourth-order valence-electron chi connectivity index (χ4n) is 2.79. The van der Waals surface area contributed by atoms with Crippen molar-refractivity contribution in [1.29, 1.82) is 0 Å². The predicted octanol–water partition coefficient (Wildman–Crippen LogP) is 3.11. The zero-order valence-corrected chi connectivity index (χ0v) is 16.1. The third-order valence-electron chi connectivity index (χ3n) is 4.14. The first-order valence-corrected chi connectivity index (χ1v) is 9.04. The van der Waals surface area contributed by atoms with Crippen molar-refractivity contribution in [2.75, 3.05) is 46.0 Å². The van der Waals surface area contributed by atoms with Gasteiger partial charge in [-0.2, -0.15) is 0 Å². The number of fused-ring (bicyclic) bond motifs is 1. The lowest BCUT2D eigenvalue weighted by Gasteiger charge is -2.17. The molecule has 7 heteroatoms. The smallest absolute Gasteiger partial charge is 0.163 e. The number of aromatic nitrogens is 1. The monoisotopic (exact) mass is 384 g/mol. The van der Waals surface area contributed by atoms with E-state index in [0.717, 1.165) is 22.3 Å². The van der Waals surface area contributed by atoms with Crippen LogP contribution in [0.15, 0.2) is 48.3 Å². The van der Waals surface area contributed by atoms with Gasteiger partial charge in [-0.05, 0) is 24.3 Å². The molecule has 0 radical (unpaired) electrons. The van der Waals surface area contributed by atoms with Crippen molar-refractivity contribution < 1.29 is 23.7 Å². The lowest BCUT2D eigenvalue weighted by molar-refractivity contribution is -0.114. The largest absolute Gasteiger partial charge is 0.487 e. The highest BCUT2D eigenvalue weighted by Gasteiger charge is 2.13. The Bertz CT molecular complexity index is 892. The van der Waals surface area contributed by atoms with Crippen LogP contribution in [0.25, 0.3) is 10.9 Å². The van der Waals surface area contributed by atoms with Crippen LogP contribution in [-0.4, -0.2) is 51.4 Å². The average Bonchev–Trinajstić information content (AvgIpc) is 2.69. The number of carbonyl (C=O) groups excluding carboxylic acids is 1. The molecule has 1 aromatic heterocycles. The number of hydrogen-bond acceptors (Lipinski definition) is 7. The van der Waals surface area contributed by atoms with Crippen molar-refractivity contribution in [3.05, 3.63) is 48.3 Å². The van der Waals surface area contributed by atoms with Crippen molar-refractivity contribution in [3.8, 4) is 11.5 Å². The van der Waals surface area contributed by atoms with Gasteiger partial charge in [0.1, 0.15) is 13.2 Å². The van der Waals surface area contributed by atoms with Gasteiger partial charge in [-0.15, -0.1) is 0 Å². The third-order valence-corrected chi connectivity index (χ3v) is 4.14. The maximum absolute atomic E-state index is 11.7. The van der Waals surface area contributed by atoms with Crippen LogP contribution in [0.5, 0.6) is 11.5 Å². The van der Waals surface area contributed by atoms with E-state index < -0.39 is 0 Å². The van der Waals surface area contributed by atoms with Crippen LogP contribution in [0.2, 0.25) is 0 Å². The molecule has 7 nitrogen and oxygen atoms in total. The topological polar surface area (TPSA) is 78.9 Å². The van der Waals surface area contributed by atoms with Gasteiger partial charge in [-0.3, -0.25) is 9.78 Å². The van der Waals surface area contributed by atoms with Crippen LogP contribution in [-0.2, 0) is 14.3 Å². The summed E-state index contributed by atoms with van der Waals surface area (Å²) in [4.78, 5) is 16.1. The Hall–Kier alpha value is -2.90. The zero-order chi connectivity index (χ0) is 19.8. The number of methoxy groups -OCH3 is 2. The fraction of sp³-hybridized carbons (Fsp3) is 0.333. The standard InChI is InChI=1S/C21H24N2O5/c1-25-8-10-27-20-13-17-18(23-15-4-3-5-16(24)12-15)6-7-22-19(17)14-21(20)28-11-9-26-2/h3-7,13-14H,8-12H2,1-2H3,(H,22,23). The number of hydrogen-bond donors (Lipinski definition) is 1. The number of anilines is 1. The predicted molar refractivity (Wildman–Crippen MR) is 107 cm³/mol. The van der Waals surface area contributed by atoms with Gasteiger partial charge in [0, 0.05) is 43.3 Å². The molecule has 0 atom stereocenters. The van der Waals surface area contributed by atoms with Crippen molar-refractivity contribution in [2.24, 2.45) is 0 Å². The summed E-state index contributed by atoms with van der Waals surface area (Å²) < 4.78 is 21.8. The summed E-state index contributed by atoms with van der Waals surface area (Å²) in [5.41, 5.74) is 2.44. The molecule has 0 aliphatic heterocycles. The van der Waals surface area contributed by atoms with Gasteiger partial charge in [0.2, 0.25) is 0 Å². The van der Waals surface area contributed by atoms with Crippen LogP contribution in [0, 0.1) is 0 Å². The molecule has 1 aromatic carbocycles. The van der Waals surface area contributed by atoms with E-state index in [1.807, 2.05) is 24.3 Å². The van der Waals surface area contributed by atoms with Gasteiger partial charge < -0.3 is 24.3 Å². The highest BCUT2D eigenvalue weighted by molar-refractivity contribution is 5.96. The summed E-state index contributed by atoms with van der Waals surface area (Å²) in [6, 6.07) is 5.61. The lowest BCUT2D eigenvalue weighted by atomic mass is 10.1. The molecule has 28 heavy (non-hydrogen) atoms. The number of benzene rings is 1. The first kappa shape index (κ1) is 19.9. The highest BCUT2D eigenvalue weighted by atomic mass is 16.5. The second kappa shape index (κ2) is 9.87. The molecule has 1 aliphatic rings. The number of rotatable bonds is 10. The first-order valence-electron chi connectivity index (χ1n) is 9.04. The summed E-state index contributed by atoms with van der Waals surface area (Å²) >= 11 is 0. The third kappa shape index (κ3) is 5.09. The molecular weight excluding hydrogens is 360 g/mol. The molecule has 0 unspecified atom stereocenters. The SMILES string of the molecule is COCCOc1cc2nccc(NC3=CC=CC(=O)C3)c2cc1OCCOC. The number of nitrogens with one attached hydrogen (secondary N) is 1. The number of allylic oxidation sites excluding steroid dienone is 4. The minimum absolute atomic E-state index is 0.0702. The van der Waals surface area contributed by atoms with Crippen molar-refractivity contribution in [1.82, 2.24) is 4.98 Å². The number of ether oxygens (including phenoxy) is 4. The van der Waals surface area contributed by atoms with E-state index in [9.17, 15) is 4.79 Å². The summed E-state index contributed by atoms with van der Waals surface area (Å²) in [7, 11) is 3.25. The molecule has 0 amide bonds. The molecule has 0 spiro atoms. The minimum Gasteiger partial charge on any atom is -0.487 e. The van der Waals surface area contributed by atoms with Gasteiger partial charge in [-0.25, -0.2) is 0 Å². The van der Waals surface area contributed by atoms with Crippen LogP contribution in [0.3, 0.4) is 0 Å². The number of carbonyl (C=O) groups is 1. The number of nitrogens with zero attached hydrogens (tertiary/aromatic N) is 1. The second-order valence-corrected chi connectivity index (χ2v) is 6.18. The van der Waals surface area contributed by atoms with E-state index in [0.29, 0.717) is 44.3 Å². The minimum atomic E-state index is 0.0702. The van der Waals surface area contributed by atoms with E-state index >= 15 is 0 Å². The first-order chi connectivity index (χ1) is 13.7. The normalized spacial score (nSPS) is 13.5. The Kier molecular flexibility index (Phi) is 7.00. The molecule has 1 heterocycles. The van der Waals surface area contributed by atoms with Crippen LogP contribution in [0.1, 0.15) is 6.42 Å². The Balaban J connectivity index is 1.92. The van der Waals surface area contributed by atoms with Gasteiger partial charge >= 0.3 is 0 Å². The van der Waals surface area contributed by atoms with Crippen LogP contribution < -0.4 is 14.8 Å². The van der Waals surface area contributed by atoms with Gasteiger partial charge in [-0.1, -0.05) is 6.08 Å². The van der Waals surface area contributed by atoms with E-state index in [1.54, 1.807) is 32.6 Å². The maximum Gasteiger partial charge on any atom is 0.163 e. The molecule has 148 valence electrons. The average molecular weight is 384 g/mol. The zero-order valence-electron chi connectivity index (χ0n) is 16.1. The van der Waals surface area contributed by atoms with Crippen molar-refractivity contribution in [2.45, 2.75) is 6.42 Å². The molecule has 2 aromatic rings. The highest BCUT2D eigenvalue weighted by Crippen LogP contribution is 2.35. The number of ketones is 1. The lowest BCUT2D eigenvalue weighted by Crippen LogP contribution is -2.09. The van der Waals surface area contributed by atoms with Gasteiger partial charge in [0.05, 0.1) is 25.2 Å². The number of pyridine rings is 1.